The summed E-state index contributed by atoms with van der Waals surface area (Å²) in [5.74, 6) is 2.04. The lowest BCUT2D eigenvalue weighted by molar-refractivity contribution is 0.242. The van der Waals surface area contributed by atoms with E-state index in [-0.39, 0.29) is 6.04 Å². The lowest BCUT2D eigenvalue weighted by Gasteiger charge is -2.07. The molecule has 1 aromatic heterocycles. The summed E-state index contributed by atoms with van der Waals surface area (Å²) in [7, 11) is 0. The SMILES string of the molecule is CCc1noc(COc2ccc3c(c2)CCC3N)n1. The number of benzene rings is 1. The second kappa shape index (κ2) is 5.01. The summed E-state index contributed by atoms with van der Waals surface area (Å²) in [4.78, 5) is 4.21. The second-order valence-electron chi connectivity index (χ2n) is 4.75. The molecule has 5 nitrogen and oxygen atoms in total. The molecule has 0 aliphatic heterocycles. The highest BCUT2D eigenvalue weighted by Gasteiger charge is 2.19. The smallest absolute Gasteiger partial charge is 0.264 e. The van der Waals surface area contributed by atoms with Gasteiger partial charge in [-0.15, -0.1) is 0 Å². The van der Waals surface area contributed by atoms with Gasteiger partial charge in [-0.1, -0.05) is 18.1 Å². The zero-order valence-corrected chi connectivity index (χ0v) is 10.9. The molecule has 0 spiro atoms. The van der Waals surface area contributed by atoms with Gasteiger partial charge in [0.2, 0.25) is 0 Å². The van der Waals surface area contributed by atoms with E-state index in [2.05, 4.69) is 16.2 Å². The first-order valence-electron chi connectivity index (χ1n) is 6.59. The molecule has 0 saturated carbocycles. The van der Waals surface area contributed by atoms with E-state index in [0.29, 0.717) is 18.3 Å². The molecular weight excluding hydrogens is 242 g/mol. The van der Waals surface area contributed by atoms with Crippen LogP contribution in [0.3, 0.4) is 0 Å². The molecule has 2 N–H and O–H groups in total. The zero-order valence-electron chi connectivity index (χ0n) is 10.9. The molecule has 100 valence electrons. The van der Waals surface area contributed by atoms with Crippen LogP contribution in [0.25, 0.3) is 0 Å². The maximum absolute atomic E-state index is 6.01. The van der Waals surface area contributed by atoms with Gasteiger partial charge in [0.25, 0.3) is 5.89 Å². The van der Waals surface area contributed by atoms with Gasteiger partial charge in [0, 0.05) is 12.5 Å². The standard InChI is InChI=1S/C14H17N3O2/c1-2-13-16-14(19-17-13)8-18-10-4-5-11-9(7-10)3-6-12(11)15/h4-5,7,12H,2-3,6,8,15H2,1H3. The first kappa shape index (κ1) is 12.2. The van der Waals surface area contributed by atoms with Crippen molar-refractivity contribution in [2.45, 2.75) is 38.8 Å². The van der Waals surface area contributed by atoms with E-state index < -0.39 is 0 Å². The molecule has 0 saturated heterocycles. The minimum absolute atomic E-state index is 0.173. The maximum atomic E-state index is 6.01. The minimum atomic E-state index is 0.173. The topological polar surface area (TPSA) is 74.2 Å². The average Bonchev–Trinajstić information content (AvgIpc) is 3.03. The fourth-order valence-corrected chi connectivity index (χ4v) is 2.35. The monoisotopic (exact) mass is 259 g/mol. The van der Waals surface area contributed by atoms with Gasteiger partial charge in [-0.25, -0.2) is 0 Å². The number of nitrogens with zero attached hydrogens (tertiary/aromatic N) is 2. The van der Waals surface area contributed by atoms with Crippen LogP contribution >= 0.6 is 0 Å². The largest absolute Gasteiger partial charge is 0.484 e. The zero-order chi connectivity index (χ0) is 13.2. The average molecular weight is 259 g/mol. The summed E-state index contributed by atoms with van der Waals surface area (Å²) in [6.07, 6.45) is 2.80. The van der Waals surface area contributed by atoms with E-state index in [9.17, 15) is 0 Å². The van der Waals surface area contributed by atoms with Gasteiger partial charge < -0.3 is 15.0 Å². The molecule has 1 aromatic carbocycles. The van der Waals surface area contributed by atoms with Gasteiger partial charge in [-0.05, 0) is 36.1 Å². The van der Waals surface area contributed by atoms with Crippen molar-refractivity contribution in [3.05, 3.63) is 41.0 Å². The number of aryl methyl sites for hydroxylation is 2. The minimum Gasteiger partial charge on any atom is -0.484 e. The quantitative estimate of drug-likeness (QED) is 0.910. The van der Waals surface area contributed by atoms with E-state index >= 15 is 0 Å². The first-order chi connectivity index (χ1) is 9.26. The predicted octanol–water partition coefficient (Wildman–Crippen LogP) is 2.16. The molecule has 0 radical (unpaired) electrons. The Balaban J connectivity index is 1.67. The number of hydrogen-bond acceptors (Lipinski definition) is 5. The fourth-order valence-electron chi connectivity index (χ4n) is 2.35. The second-order valence-corrected chi connectivity index (χ2v) is 4.75. The Morgan fingerprint density at radius 3 is 3.16 bits per heavy atom. The number of rotatable bonds is 4. The van der Waals surface area contributed by atoms with Crippen LogP contribution in [0.2, 0.25) is 0 Å². The van der Waals surface area contributed by atoms with E-state index in [4.69, 9.17) is 15.0 Å². The fraction of sp³-hybridized carbons (Fsp3) is 0.429. The van der Waals surface area contributed by atoms with Crippen molar-refractivity contribution in [2.24, 2.45) is 5.73 Å². The van der Waals surface area contributed by atoms with Gasteiger partial charge in [0.1, 0.15) is 5.75 Å². The Bertz CT molecular complexity index is 580. The highest BCUT2D eigenvalue weighted by molar-refractivity contribution is 5.40. The van der Waals surface area contributed by atoms with Crippen LogP contribution < -0.4 is 10.5 Å². The number of aromatic nitrogens is 2. The summed E-state index contributed by atoms with van der Waals surface area (Å²) < 4.78 is 10.8. The van der Waals surface area contributed by atoms with E-state index in [1.807, 2.05) is 19.1 Å². The van der Waals surface area contributed by atoms with Crippen molar-refractivity contribution in [1.82, 2.24) is 10.1 Å². The molecule has 1 unspecified atom stereocenters. The molecule has 1 heterocycles. The van der Waals surface area contributed by atoms with E-state index in [1.54, 1.807) is 0 Å². The molecule has 19 heavy (non-hydrogen) atoms. The van der Waals surface area contributed by atoms with Crippen LogP contribution in [-0.2, 0) is 19.4 Å². The summed E-state index contributed by atoms with van der Waals surface area (Å²) in [5.41, 5.74) is 8.52. The van der Waals surface area contributed by atoms with Crippen LogP contribution in [-0.4, -0.2) is 10.1 Å². The third-order valence-electron chi connectivity index (χ3n) is 3.43. The maximum Gasteiger partial charge on any atom is 0.264 e. The van der Waals surface area contributed by atoms with Gasteiger partial charge >= 0.3 is 0 Å². The molecule has 3 rings (SSSR count). The highest BCUT2D eigenvalue weighted by Crippen LogP contribution is 2.31. The summed E-state index contributed by atoms with van der Waals surface area (Å²) in [5, 5.41) is 3.83. The van der Waals surface area contributed by atoms with E-state index in [1.165, 1.54) is 11.1 Å². The number of nitrogens with two attached hydrogens (primary N) is 1. The van der Waals surface area contributed by atoms with Gasteiger partial charge in [-0.2, -0.15) is 4.98 Å². The van der Waals surface area contributed by atoms with Crippen molar-refractivity contribution in [3.63, 3.8) is 0 Å². The Labute approximate surface area is 111 Å². The van der Waals surface area contributed by atoms with Crippen LogP contribution in [0, 0.1) is 0 Å². The molecule has 0 amide bonds. The van der Waals surface area contributed by atoms with Crippen molar-refractivity contribution in [2.75, 3.05) is 0 Å². The lowest BCUT2D eigenvalue weighted by Crippen LogP contribution is -2.05. The summed E-state index contributed by atoms with van der Waals surface area (Å²) in [6, 6.07) is 6.22. The molecule has 1 aliphatic rings. The molecule has 1 atom stereocenters. The highest BCUT2D eigenvalue weighted by atomic mass is 16.5. The summed E-state index contributed by atoms with van der Waals surface area (Å²) >= 11 is 0. The Kier molecular flexibility index (Phi) is 3.21. The van der Waals surface area contributed by atoms with Gasteiger partial charge in [-0.3, -0.25) is 0 Å². The number of hydrogen-bond donors (Lipinski definition) is 1. The third kappa shape index (κ3) is 2.46. The van der Waals surface area contributed by atoms with Crippen molar-refractivity contribution < 1.29 is 9.26 Å². The van der Waals surface area contributed by atoms with Crippen LogP contribution in [0.4, 0.5) is 0 Å². The van der Waals surface area contributed by atoms with Crippen LogP contribution in [0.1, 0.15) is 42.2 Å². The molecule has 1 aliphatic carbocycles. The van der Waals surface area contributed by atoms with Crippen LogP contribution in [0.15, 0.2) is 22.7 Å². The molecule has 0 bridgehead atoms. The Hall–Kier alpha value is -1.88. The van der Waals surface area contributed by atoms with Crippen molar-refractivity contribution in [1.29, 1.82) is 0 Å². The molecule has 5 heteroatoms. The third-order valence-corrected chi connectivity index (χ3v) is 3.43. The first-order valence-corrected chi connectivity index (χ1v) is 6.59. The van der Waals surface area contributed by atoms with E-state index in [0.717, 1.165) is 25.0 Å². The molecular formula is C14H17N3O2. The number of fused-ring (bicyclic) bond motifs is 1. The van der Waals surface area contributed by atoms with Gasteiger partial charge in [0.05, 0.1) is 0 Å². The normalized spacial score (nSPS) is 17.5. The predicted molar refractivity (Wildman–Crippen MR) is 69.7 cm³/mol. The molecule has 2 aromatic rings. The van der Waals surface area contributed by atoms with Gasteiger partial charge in [0.15, 0.2) is 12.4 Å². The Morgan fingerprint density at radius 2 is 2.37 bits per heavy atom. The van der Waals surface area contributed by atoms with Crippen molar-refractivity contribution in [3.8, 4) is 5.75 Å². The summed E-state index contributed by atoms with van der Waals surface area (Å²) in [6.45, 7) is 2.29. The van der Waals surface area contributed by atoms with Crippen molar-refractivity contribution >= 4 is 0 Å². The Morgan fingerprint density at radius 1 is 1.47 bits per heavy atom. The van der Waals surface area contributed by atoms with Crippen LogP contribution in [0.5, 0.6) is 5.75 Å². The lowest BCUT2D eigenvalue weighted by atomic mass is 10.1. The molecule has 0 fully saturated rings. The number of ether oxygens (including phenoxy) is 1.